The van der Waals surface area contributed by atoms with Crippen molar-refractivity contribution < 1.29 is 4.79 Å². The molecule has 2 rings (SSSR count). The van der Waals surface area contributed by atoms with Crippen LogP contribution in [0.5, 0.6) is 0 Å². The monoisotopic (exact) mass is 327 g/mol. The number of aryl methyl sites for hydroxylation is 1. The molecule has 24 heavy (non-hydrogen) atoms. The molecule has 1 heterocycles. The zero-order valence-corrected chi connectivity index (χ0v) is 14.9. The van der Waals surface area contributed by atoms with Crippen molar-refractivity contribution in [3.05, 3.63) is 41.9 Å². The van der Waals surface area contributed by atoms with E-state index in [0.717, 1.165) is 17.8 Å². The normalized spacial score (nSPS) is 11.7. The highest BCUT2D eigenvalue weighted by Crippen LogP contribution is 2.17. The van der Waals surface area contributed by atoms with Gasteiger partial charge < -0.3 is 15.5 Å². The molecular weight excluding hydrogens is 302 g/mol. The lowest BCUT2D eigenvalue weighted by molar-refractivity contribution is 0.102. The number of nitrogens with one attached hydrogen (secondary N) is 2. The molecule has 0 saturated carbocycles. The van der Waals surface area contributed by atoms with Gasteiger partial charge in [0, 0.05) is 37.6 Å². The lowest BCUT2D eigenvalue weighted by Gasteiger charge is -2.14. The molecule has 6 heteroatoms. The molecule has 1 unspecified atom stereocenters. The third-order valence-corrected chi connectivity index (χ3v) is 3.72. The molecule has 0 spiro atoms. The van der Waals surface area contributed by atoms with Gasteiger partial charge in [0.25, 0.3) is 5.91 Å². The Kier molecular flexibility index (Phi) is 5.73. The van der Waals surface area contributed by atoms with E-state index in [-0.39, 0.29) is 11.9 Å². The predicted molar refractivity (Wildman–Crippen MR) is 98.9 cm³/mol. The number of carbonyl (C=O) groups is 1. The van der Waals surface area contributed by atoms with Crippen LogP contribution in [0.25, 0.3) is 0 Å². The highest BCUT2D eigenvalue weighted by Gasteiger charge is 2.12. The van der Waals surface area contributed by atoms with Crippen LogP contribution in [0.1, 0.15) is 36.6 Å². The average molecular weight is 327 g/mol. The lowest BCUT2D eigenvalue weighted by atomic mass is 10.2. The Morgan fingerprint density at radius 1 is 1.21 bits per heavy atom. The largest absolute Gasteiger partial charge is 0.378 e. The predicted octanol–water partition coefficient (Wildman–Crippen LogP) is 3.31. The Bertz CT molecular complexity index is 697. The smallest absolute Gasteiger partial charge is 0.274 e. The molecular formula is C18H25N5O. The van der Waals surface area contributed by atoms with Gasteiger partial charge in [-0.15, -0.1) is 0 Å². The molecule has 128 valence electrons. The van der Waals surface area contributed by atoms with Crippen LogP contribution < -0.4 is 15.5 Å². The van der Waals surface area contributed by atoms with E-state index in [1.54, 1.807) is 13.0 Å². The average Bonchev–Trinajstić information content (AvgIpc) is 2.54. The second-order valence-corrected chi connectivity index (χ2v) is 6.03. The first-order valence-corrected chi connectivity index (χ1v) is 8.10. The van der Waals surface area contributed by atoms with Crippen molar-refractivity contribution >= 4 is 23.1 Å². The number of aromatic nitrogens is 2. The van der Waals surface area contributed by atoms with Crippen molar-refractivity contribution in [3.63, 3.8) is 0 Å². The maximum Gasteiger partial charge on any atom is 0.274 e. The minimum Gasteiger partial charge on any atom is -0.378 e. The molecule has 2 N–H and O–H groups in total. The van der Waals surface area contributed by atoms with Gasteiger partial charge in [0.2, 0.25) is 0 Å². The summed E-state index contributed by atoms with van der Waals surface area (Å²) in [6.45, 7) is 5.95. The molecule has 2 aromatic rings. The molecule has 1 atom stereocenters. The topological polar surface area (TPSA) is 70.2 Å². The minimum absolute atomic E-state index is 0.245. The Labute approximate surface area is 143 Å². The standard InChI is InChI=1S/C18H25N5O/c1-6-12(2)19-17-11-16(20-13(3)21-17)18(24)22-14-7-9-15(10-8-14)23(4)5/h7-12H,6H2,1-5H3,(H,22,24)(H,19,20,21). The van der Waals surface area contributed by atoms with Gasteiger partial charge in [-0.1, -0.05) is 6.92 Å². The van der Waals surface area contributed by atoms with Crippen molar-refractivity contribution in [1.82, 2.24) is 9.97 Å². The summed E-state index contributed by atoms with van der Waals surface area (Å²) in [5.74, 6) is 0.992. The third kappa shape index (κ3) is 4.68. The summed E-state index contributed by atoms with van der Waals surface area (Å²) in [7, 11) is 3.95. The summed E-state index contributed by atoms with van der Waals surface area (Å²) >= 11 is 0. The number of amides is 1. The van der Waals surface area contributed by atoms with Gasteiger partial charge in [-0.2, -0.15) is 0 Å². The molecule has 0 saturated heterocycles. The molecule has 0 radical (unpaired) electrons. The van der Waals surface area contributed by atoms with Crippen LogP contribution in [0.15, 0.2) is 30.3 Å². The number of hydrogen-bond donors (Lipinski definition) is 2. The molecule has 0 fully saturated rings. The quantitative estimate of drug-likeness (QED) is 0.852. The second-order valence-electron chi connectivity index (χ2n) is 6.03. The van der Waals surface area contributed by atoms with Gasteiger partial charge in [-0.05, 0) is 44.5 Å². The number of carbonyl (C=O) groups excluding carboxylic acids is 1. The van der Waals surface area contributed by atoms with Gasteiger partial charge in [-0.25, -0.2) is 9.97 Å². The summed E-state index contributed by atoms with van der Waals surface area (Å²) in [5, 5.41) is 6.15. The number of nitrogens with zero attached hydrogens (tertiary/aromatic N) is 3. The summed E-state index contributed by atoms with van der Waals surface area (Å²) in [6.07, 6.45) is 0.975. The summed E-state index contributed by atoms with van der Waals surface area (Å²) < 4.78 is 0. The van der Waals surface area contributed by atoms with Crippen LogP contribution in [0.2, 0.25) is 0 Å². The molecule has 0 bridgehead atoms. The lowest BCUT2D eigenvalue weighted by Crippen LogP contribution is -2.18. The van der Waals surface area contributed by atoms with Crippen LogP contribution in [0.4, 0.5) is 17.2 Å². The zero-order chi connectivity index (χ0) is 17.7. The number of benzene rings is 1. The van der Waals surface area contributed by atoms with E-state index in [2.05, 4.69) is 34.4 Å². The molecule has 6 nitrogen and oxygen atoms in total. The van der Waals surface area contributed by atoms with Crippen LogP contribution >= 0.6 is 0 Å². The van der Waals surface area contributed by atoms with E-state index < -0.39 is 0 Å². The van der Waals surface area contributed by atoms with Gasteiger partial charge in [0.1, 0.15) is 17.3 Å². The van der Waals surface area contributed by atoms with Crippen LogP contribution in [0, 0.1) is 6.92 Å². The fourth-order valence-electron chi connectivity index (χ4n) is 2.15. The first-order chi connectivity index (χ1) is 11.4. The van der Waals surface area contributed by atoms with E-state index in [0.29, 0.717) is 17.3 Å². The first-order valence-electron chi connectivity index (χ1n) is 8.10. The Balaban J connectivity index is 2.14. The fraction of sp³-hybridized carbons (Fsp3) is 0.389. The third-order valence-electron chi connectivity index (χ3n) is 3.72. The van der Waals surface area contributed by atoms with Gasteiger partial charge in [-0.3, -0.25) is 4.79 Å². The number of anilines is 3. The van der Waals surface area contributed by atoms with E-state index in [1.807, 2.05) is 43.3 Å². The Hall–Kier alpha value is -2.63. The summed E-state index contributed by atoms with van der Waals surface area (Å²) in [6, 6.07) is 9.63. The van der Waals surface area contributed by atoms with Crippen LogP contribution in [-0.4, -0.2) is 36.0 Å². The van der Waals surface area contributed by atoms with Crippen molar-refractivity contribution in [2.24, 2.45) is 0 Å². The van der Waals surface area contributed by atoms with Crippen molar-refractivity contribution in [2.45, 2.75) is 33.2 Å². The molecule has 1 aromatic heterocycles. The summed E-state index contributed by atoms with van der Waals surface area (Å²) in [5.41, 5.74) is 2.16. The Morgan fingerprint density at radius 3 is 2.46 bits per heavy atom. The van der Waals surface area contributed by atoms with Crippen molar-refractivity contribution in [1.29, 1.82) is 0 Å². The van der Waals surface area contributed by atoms with E-state index in [1.165, 1.54) is 0 Å². The number of hydrogen-bond acceptors (Lipinski definition) is 5. The second kappa shape index (κ2) is 7.77. The van der Waals surface area contributed by atoms with Crippen molar-refractivity contribution in [3.8, 4) is 0 Å². The van der Waals surface area contributed by atoms with Gasteiger partial charge in [0.05, 0.1) is 0 Å². The SMILES string of the molecule is CCC(C)Nc1cc(C(=O)Nc2ccc(N(C)C)cc2)nc(C)n1. The van der Waals surface area contributed by atoms with Gasteiger partial charge >= 0.3 is 0 Å². The van der Waals surface area contributed by atoms with E-state index >= 15 is 0 Å². The number of rotatable bonds is 6. The maximum absolute atomic E-state index is 12.5. The Morgan fingerprint density at radius 2 is 1.88 bits per heavy atom. The highest BCUT2D eigenvalue weighted by molar-refractivity contribution is 6.03. The zero-order valence-electron chi connectivity index (χ0n) is 14.9. The minimum atomic E-state index is -0.245. The molecule has 1 aromatic carbocycles. The van der Waals surface area contributed by atoms with Gasteiger partial charge in [0.15, 0.2) is 0 Å². The van der Waals surface area contributed by atoms with Crippen LogP contribution in [0.3, 0.4) is 0 Å². The van der Waals surface area contributed by atoms with E-state index in [9.17, 15) is 4.79 Å². The fourth-order valence-corrected chi connectivity index (χ4v) is 2.15. The molecule has 0 aliphatic rings. The van der Waals surface area contributed by atoms with Crippen molar-refractivity contribution in [2.75, 3.05) is 29.6 Å². The summed E-state index contributed by atoms with van der Waals surface area (Å²) in [4.78, 5) is 23.0. The maximum atomic E-state index is 12.5. The first kappa shape index (κ1) is 17.7. The molecule has 0 aliphatic heterocycles. The molecule has 0 aliphatic carbocycles. The van der Waals surface area contributed by atoms with Crippen LogP contribution in [-0.2, 0) is 0 Å². The highest BCUT2D eigenvalue weighted by atomic mass is 16.1. The van der Waals surface area contributed by atoms with E-state index in [4.69, 9.17) is 0 Å². The molecule has 1 amide bonds.